The SMILES string of the molecule is C1=CCCC(c2ccc(-c3ccccc3)n2-c2ccc3c(-c4ccccc4)c4cc(-n5c(-c6ccccc6)ccc5-c5ccccc5)ccc4c(-c4c(-c5ccccc5)ccc5ccccc45)c3c2)=C1. The molecule has 0 fully saturated rings. The fraction of sp³-hybridized carbons (Fsp3) is 0.0294. The summed E-state index contributed by atoms with van der Waals surface area (Å²) in [4.78, 5) is 0. The van der Waals surface area contributed by atoms with Gasteiger partial charge in [-0.15, -0.1) is 0 Å². The van der Waals surface area contributed by atoms with E-state index in [4.69, 9.17) is 0 Å². The van der Waals surface area contributed by atoms with E-state index in [9.17, 15) is 0 Å². The molecule has 2 nitrogen and oxygen atoms in total. The maximum atomic E-state index is 2.50. The van der Waals surface area contributed by atoms with Crippen molar-refractivity contribution in [1.29, 1.82) is 0 Å². The molecule has 0 atom stereocenters. The zero-order valence-electron chi connectivity index (χ0n) is 38.7. The summed E-state index contributed by atoms with van der Waals surface area (Å²) in [5.74, 6) is 0. The van der Waals surface area contributed by atoms with Gasteiger partial charge < -0.3 is 9.13 Å². The number of aromatic nitrogens is 2. The Hall–Kier alpha value is -8.98. The molecule has 0 spiro atoms. The molecule has 2 heterocycles. The van der Waals surface area contributed by atoms with E-state index in [1.165, 1.54) is 99.3 Å². The van der Waals surface area contributed by atoms with Crippen molar-refractivity contribution in [3.8, 4) is 78.5 Å². The van der Waals surface area contributed by atoms with Crippen molar-refractivity contribution in [2.24, 2.45) is 0 Å². The minimum Gasteiger partial charge on any atom is -0.310 e. The largest absolute Gasteiger partial charge is 0.310 e. The summed E-state index contributed by atoms with van der Waals surface area (Å²) in [7, 11) is 0. The second-order valence-electron chi connectivity index (χ2n) is 18.3. The van der Waals surface area contributed by atoms with Gasteiger partial charge in [0.1, 0.15) is 0 Å². The Morgan fingerprint density at radius 3 is 1.30 bits per heavy atom. The number of benzene rings is 10. The lowest BCUT2D eigenvalue weighted by molar-refractivity contribution is 0.998. The fourth-order valence-corrected chi connectivity index (χ4v) is 11.1. The van der Waals surface area contributed by atoms with Crippen molar-refractivity contribution in [3.05, 3.63) is 273 Å². The lowest BCUT2D eigenvalue weighted by atomic mass is 9.81. The van der Waals surface area contributed by atoms with Crippen LogP contribution < -0.4 is 0 Å². The monoisotopic (exact) mass is 892 g/mol. The zero-order valence-corrected chi connectivity index (χ0v) is 38.7. The topological polar surface area (TPSA) is 9.86 Å². The fourth-order valence-electron chi connectivity index (χ4n) is 11.1. The average Bonchev–Trinajstić information content (AvgIpc) is 4.10. The Morgan fingerprint density at radius 1 is 0.300 bits per heavy atom. The first-order valence-electron chi connectivity index (χ1n) is 24.4. The highest BCUT2D eigenvalue weighted by Crippen LogP contribution is 2.50. The van der Waals surface area contributed by atoms with Gasteiger partial charge in [-0.25, -0.2) is 0 Å². The van der Waals surface area contributed by atoms with Gasteiger partial charge >= 0.3 is 0 Å². The minimum absolute atomic E-state index is 0.995. The molecule has 0 radical (unpaired) electrons. The summed E-state index contributed by atoms with van der Waals surface area (Å²) in [6, 6.07) is 91.6. The van der Waals surface area contributed by atoms with Gasteiger partial charge in [-0.1, -0.05) is 218 Å². The lowest BCUT2D eigenvalue weighted by Gasteiger charge is -2.24. The van der Waals surface area contributed by atoms with E-state index >= 15 is 0 Å². The molecule has 2 aromatic heterocycles. The van der Waals surface area contributed by atoms with E-state index < -0.39 is 0 Å². The number of hydrogen-bond donors (Lipinski definition) is 0. The minimum atomic E-state index is 0.995. The Labute approximate surface area is 409 Å². The van der Waals surface area contributed by atoms with E-state index in [0.717, 1.165) is 35.6 Å². The van der Waals surface area contributed by atoms with Gasteiger partial charge in [0.2, 0.25) is 0 Å². The molecule has 0 N–H and O–H groups in total. The molecule has 13 rings (SSSR count). The Bertz CT molecular complexity index is 3890. The molecule has 0 aliphatic heterocycles. The van der Waals surface area contributed by atoms with Crippen molar-refractivity contribution >= 4 is 37.9 Å². The van der Waals surface area contributed by atoms with Crippen LogP contribution in [-0.4, -0.2) is 9.13 Å². The molecular formula is C68H48N2. The molecule has 0 unspecified atom stereocenters. The van der Waals surface area contributed by atoms with E-state index in [1.54, 1.807) is 0 Å². The Balaban J connectivity index is 1.19. The number of allylic oxidation sites excluding steroid dienone is 4. The van der Waals surface area contributed by atoms with Crippen LogP contribution in [-0.2, 0) is 0 Å². The maximum Gasteiger partial charge on any atom is 0.0535 e. The average molecular weight is 893 g/mol. The predicted octanol–water partition coefficient (Wildman–Crippen LogP) is 18.5. The lowest BCUT2D eigenvalue weighted by Crippen LogP contribution is -2.04. The molecule has 1 aliphatic carbocycles. The summed E-state index contributed by atoms with van der Waals surface area (Å²) in [5.41, 5.74) is 19.0. The summed E-state index contributed by atoms with van der Waals surface area (Å²) < 4.78 is 4.95. The summed E-state index contributed by atoms with van der Waals surface area (Å²) in [6.45, 7) is 0. The standard InChI is InChI=1S/C68H48N2/c1-7-21-47(22-8-1)57-38-35-48-23-19-20-34-56(48)67(57)68-59-40-37-54(69-62(49-24-9-2-10-25-49)41-42-63(69)50-26-11-3-12-27-50)45-60(59)66(53-32-17-6-18-33-53)58-39-36-55(46-61(58)68)70-64(51-28-13-4-14-29-51)43-44-65(70)52-30-15-5-16-31-52/h1-15,17-30,32-46H,16,31H2. The maximum absolute atomic E-state index is 2.50. The quantitative estimate of drug-likeness (QED) is 0.128. The van der Waals surface area contributed by atoms with Crippen molar-refractivity contribution in [3.63, 3.8) is 0 Å². The Morgan fingerprint density at radius 2 is 0.757 bits per heavy atom. The van der Waals surface area contributed by atoms with Gasteiger partial charge in [0.25, 0.3) is 0 Å². The number of hydrogen-bond acceptors (Lipinski definition) is 0. The summed E-state index contributed by atoms with van der Waals surface area (Å²) in [6.07, 6.45) is 8.81. The molecule has 0 saturated heterocycles. The van der Waals surface area contributed by atoms with Crippen LogP contribution in [0.15, 0.2) is 267 Å². The van der Waals surface area contributed by atoms with Gasteiger partial charge in [-0.05, 0) is 149 Å². The first-order valence-corrected chi connectivity index (χ1v) is 24.4. The highest BCUT2D eigenvalue weighted by atomic mass is 15.0. The molecular weight excluding hydrogens is 845 g/mol. The van der Waals surface area contributed by atoms with Gasteiger partial charge in [0, 0.05) is 17.1 Å². The van der Waals surface area contributed by atoms with Crippen LogP contribution in [0.1, 0.15) is 18.5 Å². The number of nitrogens with zero attached hydrogens (tertiary/aromatic N) is 2. The van der Waals surface area contributed by atoms with Crippen LogP contribution in [0, 0.1) is 0 Å². The third-order valence-electron chi connectivity index (χ3n) is 14.2. The molecule has 10 aromatic carbocycles. The van der Waals surface area contributed by atoms with Crippen LogP contribution in [0.25, 0.3) is 116 Å². The highest BCUT2D eigenvalue weighted by molar-refractivity contribution is 6.25. The van der Waals surface area contributed by atoms with Crippen molar-refractivity contribution in [2.45, 2.75) is 12.8 Å². The highest BCUT2D eigenvalue weighted by Gasteiger charge is 2.25. The molecule has 12 aromatic rings. The predicted molar refractivity (Wildman–Crippen MR) is 297 cm³/mol. The smallest absolute Gasteiger partial charge is 0.0535 e. The molecule has 0 amide bonds. The van der Waals surface area contributed by atoms with Gasteiger partial charge in [0.15, 0.2) is 0 Å². The summed E-state index contributed by atoms with van der Waals surface area (Å²) in [5, 5.41) is 7.24. The van der Waals surface area contributed by atoms with E-state index in [-0.39, 0.29) is 0 Å². The first kappa shape index (κ1) is 41.2. The van der Waals surface area contributed by atoms with E-state index in [0.29, 0.717) is 0 Å². The summed E-state index contributed by atoms with van der Waals surface area (Å²) >= 11 is 0. The molecule has 330 valence electrons. The Kier molecular flexibility index (Phi) is 10.4. The van der Waals surface area contributed by atoms with Crippen LogP contribution in [0.5, 0.6) is 0 Å². The van der Waals surface area contributed by atoms with E-state index in [1.807, 2.05) is 0 Å². The van der Waals surface area contributed by atoms with Gasteiger partial charge in [-0.2, -0.15) is 0 Å². The normalized spacial score (nSPS) is 12.5. The molecule has 2 heteroatoms. The van der Waals surface area contributed by atoms with Crippen LogP contribution in [0.3, 0.4) is 0 Å². The molecule has 0 saturated carbocycles. The van der Waals surface area contributed by atoms with Crippen LogP contribution >= 0.6 is 0 Å². The molecule has 0 bridgehead atoms. The van der Waals surface area contributed by atoms with Gasteiger partial charge in [0.05, 0.1) is 17.1 Å². The van der Waals surface area contributed by atoms with Crippen molar-refractivity contribution in [1.82, 2.24) is 9.13 Å². The zero-order chi connectivity index (χ0) is 46.4. The van der Waals surface area contributed by atoms with Crippen molar-refractivity contribution in [2.75, 3.05) is 0 Å². The third-order valence-corrected chi connectivity index (χ3v) is 14.2. The molecule has 1 aliphatic rings. The molecule has 70 heavy (non-hydrogen) atoms. The second-order valence-corrected chi connectivity index (χ2v) is 18.3. The second kappa shape index (κ2) is 17.6. The third kappa shape index (κ3) is 7.12. The number of fused-ring (bicyclic) bond motifs is 3. The van der Waals surface area contributed by atoms with Crippen LogP contribution in [0.4, 0.5) is 0 Å². The first-order chi connectivity index (χ1) is 34.8. The van der Waals surface area contributed by atoms with Gasteiger partial charge in [-0.3, -0.25) is 0 Å². The van der Waals surface area contributed by atoms with E-state index in [2.05, 4.69) is 276 Å². The van der Waals surface area contributed by atoms with Crippen LogP contribution in [0.2, 0.25) is 0 Å². The van der Waals surface area contributed by atoms with Crippen molar-refractivity contribution < 1.29 is 0 Å². The number of rotatable bonds is 9.